The van der Waals surface area contributed by atoms with Gasteiger partial charge in [-0.25, -0.2) is 13.2 Å². The number of ether oxygens (including phenoxy) is 1. The molecule has 0 radical (unpaired) electrons. The third-order valence-corrected chi connectivity index (χ3v) is 10.2. The molecule has 0 bridgehead atoms. The van der Waals surface area contributed by atoms with Crippen LogP contribution >= 0.6 is 0 Å². The Hall–Kier alpha value is -4.11. The van der Waals surface area contributed by atoms with Gasteiger partial charge in [-0.05, 0) is 53.8 Å². The molecule has 0 unspecified atom stereocenters. The second-order valence-electron chi connectivity index (χ2n) is 12.3. The van der Waals surface area contributed by atoms with Crippen molar-refractivity contribution in [3.63, 3.8) is 0 Å². The fraction of sp³-hybridized carbons (Fsp3) is 0.450. The highest BCUT2D eigenvalue weighted by Crippen LogP contribution is 2.32. The largest absolute Gasteiger partial charge is 0.489 e. The third kappa shape index (κ3) is 13.0. The number of unbranched alkanes of at least 4 members (excludes halogenated alkanes) is 6. The predicted octanol–water partition coefficient (Wildman–Crippen LogP) is 8.41. The Morgan fingerprint density at radius 2 is 1.49 bits per heavy atom. The van der Waals surface area contributed by atoms with Crippen LogP contribution < -0.4 is 9.64 Å². The van der Waals surface area contributed by atoms with Crippen LogP contribution in [-0.2, 0) is 27.8 Å². The van der Waals surface area contributed by atoms with Crippen molar-refractivity contribution in [2.24, 2.45) is 0 Å². The number of rotatable bonds is 18. The normalized spacial score (nSPS) is 13.6. The molecule has 3 aromatic rings. The molecule has 4 rings (SSSR count). The molecule has 0 aromatic heterocycles. The van der Waals surface area contributed by atoms with Crippen LogP contribution in [0.3, 0.4) is 0 Å². The second-order valence-corrected chi connectivity index (χ2v) is 14.6. The van der Waals surface area contributed by atoms with Crippen LogP contribution in [0.25, 0.3) is 5.57 Å². The zero-order valence-electron chi connectivity index (χ0n) is 29.5. The molecule has 0 spiro atoms. The van der Waals surface area contributed by atoms with Crippen LogP contribution in [-0.4, -0.2) is 61.4 Å². The first-order valence-electron chi connectivity index (χ1n) is 17.7. The molecule has 1 aliphatic heterocycles. The van der Waals surface area contributed by atoms with Gasteiger partial charge in [-0.1, -0.05) is 114 Å². The summed E-state index contributed by atoms with van der Waals surface area (Å²) in [5, 5.41) is 9.88. The van der Waals surface area contributed by atoms with Crippen molar-refractivity contribution in [2.45, 2.75) is 85.3 Å². The van der Waals surface area contributed by atoms with Gasteiger partial charge in [-0.2, -0.15) is 0 Å². The highest BCUT2D eigenvalue weighted by Gasteiger charge is 2.27. The lowest BCUT2D eigenvalue weighted by molar-refractivity contribution is -0.129. The molecular weight excluding hydrogens is 637 g/mol. The molecule has 1 amide bonds. The molecule has 49 heavy (non-hydrogen) atoms. The summed E-state index contributed by atoms with van der Waals surface area (Å²) in [5.74, 6) is -0.655. The van der Waals surface area contributed by atoms with Crippen molar-refractivity contribution in [3.8, 4) is 5.75 Å². The molecule has 0 saturated carbocycles. The maximum Gasteiger partial charge on any atom is 0.335 e. The Balaban J connectivity index is 0.00000319. The Kier molecular flexibility index (Phi) is 16.4. The van der Waals surface area contributed by atoms with Crippen LogP contribution in [0.15, 0.2) is 79.4 Å². The van der Waals surface area contributed by atoms with Gasteiger partial charge in [0.25, 0.3) is 0 Å². The van der Waals surface area contributed by atoms with Gasteiger partial charge in [0.2, 0.25) is 5.91 Å². The van der Waals surface area contributed by atoms with Crippen molar-refractivity contribution < 1.29 is 27.9 Å². The molecule has 1 N–H and O–H groups in total. The number of carbonyl (C=O) groups is 2. The summed E-state index contributed by atoms with van der Waals surface area (Å²) in [6.07, 6.45) is 8.99. The summed E-state index contributed by atoms with van der Waals surface area (Å²) in [4.78, 5) is 29.2. The SMILES string of the molecule is C=C(CCCCCCCCC)c1ccc(C(=O)O)cc1N(CC(=O)N1CCS(=O)(=O)CC1)Cc1ccc(OCc2ccccc2)cc1.CC. The lowest BCUT2D eigenvalue weighted by Crippen LogP contribution is -2.47. The summed E-state index contributed by atoms with van der Waals surface area (Å²) >= 11 is 0. The van der Waals surface area contributed by atoms with Crippen LogP contribution in [0, 0.1) is 0 Å². The lowest BCUT2D eigenvalue weighted by atomic mass is 9.96. The third-order valence-electron chi connectivity index (χ3n) is 8.62. The molecular formula is C40H54N2O6S. The monoisotopic (exact) mass is 690 g/mol. The highest BCUT2D eigenvalue weighted by atomic mass is 32.2. The molecule has 1 fully saturated rings. The average molecular weight is 691 g/mol. The van der Waals surface area contributed by atoms with Gasteiger partial charge in [0.15, 0.2) is 9.84 Å². The lowest BCUT2D eigenvalue weighted by Gasteiger charge is -2.32. The molecule has 0 atom stereocenters. The number of allylic oxidation sites excluding steroid dienone is 1. The molecule has 9 heteroatoms. The fourth-order valence-corrected chi connectivity index (χ4v) is 6.96. The van der Waals surface area contributed by atoms with E-state index < -0.39 is 15.8 Å². The van der Waals surface area contributed by atoms with Gasteiger partial charge in [-0.3, -0.25) is 4.79 Å². The van der Waals surface area contributed by atoms with E-state index >= 15 is 0 Å². The van der Waals surface area contributed by atoms with Gasteiger partial charge in [0.05, 0.1) is 23.6 Å². The maximum absolute atomic E-state index is 13.6. The van der Waals surface area contributed by atoms with Crippen LogP contribution in [0.1, 0.15) is 99.2 Å². The Labute approximate surface area is 293 Å². The Bertz CT molecular complexity index is 1570. The number of hydrogen-bond donors (Lipinski definition) is 1. The van der Waals surface area contributed by atoms with Crippen LogP contribution in [0.4, 0.5) is 5.69 Å². The number of anilines is 1. The predicted molar refractivity (Wildman–Crippen MR) is 200 cm³/mol. The van der Waals surface area contributed by atoms with Gasteiger partial charge in [0.1, 0.15) is 12.4 Å². The minimum Gasteiger partial charge on any atom is -0.489 e. The Morgan fingerprint density at radius 1 is 0.857 bits per heavy atom. The van der Waals surface area contributed by atoms with E-state index in [4.69, 9.17) is 4.74 Å². The Morgan fingerprint density at radius 3 is 2.12 bits per heavy atom. The van der Waals surface area contributed by atoms with Crippen molar-refractivity contribution in [2.75, 3.05) is 36.0 Å². The zero-order chi connectivity index (χ0) is 35.6. The molecule has 0 aliphatic carbocycles. The van der Waals surface area contributed by atoms with Crippen molar-refractivity contribution in [1.29, 1.82) is 0 Å². The maximum atomic E-state index is 13.6. The van der Waals surface area contributed by atoms with E-state index in [1.165, 1.54) is 32.1 Å². The van der Waals surface area contributed by atoms with Crippen molar-refractivity contribution in [1.82, 2.24) is 4.90 Å². The first kappa shape index (κ1) is 39.3. The number of nitrogens with zero attached hydrogens (tertiary/aromatic N) is 2. The number of benzene rings is 3. The smallest absolute Gasteiger partial charge is 0.335 e. The first-order valence-corrected chi connectivity index (χ1v) is 19.5. The van der Waals surface area contributed by atoms with E-state index in [1.54, 1.807) is 23.1 Å². The number of carboxylic acid groups (broad SMARTS) is 1. The summed E-state index contributed by atoms with van der Waals surface area (Å²) in [6.45, 7) is 11.6. The minimum absolute atomic E-state index is 0.0346. The number of carboxylic acids is 1. The van der Waals surface area contributed by atoms with Crippen molar-refractivity contribution in [3.05, 3.63) is 102 Å². The quantitative estimate of drug-likeness (QED) is 0.134. The van der Waals surface area contributed by atoms with E-state index in [9.17, 15) is 23.1 Å². The summed E-state index contributed by atoms with van der Waals surface area (Å²) in [7, 11) is -3.15. The van der Waals surface area contributed by atoms with E-state index in [1.807, 2.05) is 73.3 Å². The van der Waals surface area contributed by atoms with Crippen LogP contribution in [0.5, 0.6) is 5.75 Å². The molecule has 1 heterocycles. The molecule has 3 aromatic carbocycles. The first-order chi connectivity index (χ1) is 23.6. The zero-order valence-corrected chi connectivity index (χ0v) is 30.3. The van der Waals surface area contributed by atoms with Crippen LogP contribution in [0.2, 0.25) is 0 Å². The minimum atomic E-state index is -3.15. The number of carbonyl (C=O) groups excluding carboxylic acids is 1. The number of aromatic carboxylic acids is 1. The van der Waals surface area contributed by atoms with E-state index in [-0.39, 0.29) is 42.6 Å². The van der Waals surface area contributed by atoms with Crippen molar-refractivity contribution >= 4 is 33.0 Å². The van der Waals surface area contributed by atoms with Gasteiger partial charge in [0, 0.05) is 30.9 Å². The molecule has 1 aliphatic rings. The molecule has 8 nitrogen and oxygen atoms in total. The number of hydrogen-bond acceptors (Lipinski definition) is 6. The topological polar surface area (TPSA) is 104 Å². The summed E-state index contributed by atoms with van der Waals surface area (Å²) in [5.41, 5.74) is 4.44. The summed E-state index contributed by atoms with van der Waals surface area (Å²) < 4.78 is 30.0. The number of sulfone groups is 1. The van der Waals surface area contributed by atoms with Gasteiger partial charge in [-0.15, -0.1) is 0 Å². The van der Waals surface area contributed by atoms with E-state index in [0.29, 0.717) is 24.6 Å². The van der Waals surface area contributed by atoms with E-state index in [0.717, 1.165) is 41.5 Å². The summed E-state index contributed by atoms with van der Waals surface area (Å²) in [6, 6.07) is 22.6. The molecule has 266 valence electrons. The molecule has 1 saturated heterocycles. The number of amides is 1. The standard InChI is InChI=1S/C38H48N2O6S.C2H6/c1-3-4-5-6-7-8-10-13-30(2)35-21-18-33(38(42)43)26-36(35)40(28-37(41)39-22-24-47(44,45)25-23-39)27-31-16-19-34(20-17-31)46-29-32-14-11-9-12-15-32;1-2/h9,11-12,14-21,26H,2-8,10,13,22-25,27-29H2,1H3,(H,42,43);1-2H3. The fourth-order valence-electron chi connectivity index (χ4n) is 5.76. The van der Waals surface area contributed by atoms with E-state index in [2.05, 4.69) is 13.5 Å². The second kappa shape index (κ2) is 20.4. The van der Waals surface area contributed by atoms with Gasteiger partial charge < -0.3 is 19.6 Å². The highest BCUT2D eigenvalue weighted by molar-refractivity contribution is 7.91. The average Bonchev–Trinajstić information content (AvgIpc) is 3.11. The van der Waals surface area contributed by atoms with Gasteiger partial charge >= 0.3 is 5.97 Å².